The number of aliphatic hydroxyl groups is 1. The second-order valence-electron chi connectivity index (χ2n) is 11.6. The molecular formula is C34H30N4O6. The molecule has 0 atom stereocenters. The van der Waals surface area contributed by atoms with Crippen molar-refractivity contribution in [3.63, 3.8) is 0 Å². The van der Waals surface area contributed by atoms with E-state index in [1.807, 2.05) is 36.4 Å². The summed E-state index contributed by atoms with van der Waals surface area (Å²) in [5, 5.41) is 18.7. The third-order valence-corrected chi connectivity index (χ3v) is 9.35. The SMILES string of the molecule is O=C1c2ccc3c4ccc5c6c(ccc(c7ccc(c2c37)C(=O)N1CCOCCO)c64)C(=O)N(CCN1CCNCC1)C5=O. The highest BCUT2D eigenvalue weighted by Crippen LogP contribution is 2.46. The lowest BCUT2D eigenvalue weighted by molar-refractivity contribution is 0.0477. The van der Waals surface area contributed by atoms with Gasteiger partial charge in [-0.05, 0) is 56.6 Å². The Balaban J connectivity index is 1.26. The second kappa shape index (κ2) is 10.3. The van der Waals surface area contributed by atoms with Gasteiger partial charge in [0.15, 0.2) is 0 Å². The minimum absolute atomic E-state index is 0.0874. The highest BCUT2D eigenvalue weighted by molar-refractivity contribution is 6.41. The number of nitrogens with zero attached hydrogens (tertiary/aromatic N) is 3. The smallest absolute Gasteiger partial charge is 0.261 e. The molecule has 5 aromatic carbocycles. The molecule has 222 valence electrons. The third-order valence-electron chi connectivity index (χ3n) is 9.35. The van der Waals surface area contributed by atoms with E-state index in [9.17, 15) is 19.2 Å². The molecule has 3 aliphatic rings. The van der Waals surface area contributed by atoms with Gasteiger partial charge in [-0.15, -0.1) is 0 Å². The van der Waals surface area contributed by atoms with Crippen LogP contribution in [-0.4, -0.2) is 109 Å². The zero-order valence-electron chi connectivity index (χ0n) is 24.0. The van der Waals surface area contributed by atoms with Crippen LogP contribution < -0.4 is 5.32 Å². The molecule has 0 aliphatic carbocycles. The average molecular weight is 591 g/mol. The molecule has 0 aromatic heterocycles. The Hall–Kier alpha value is -4.48. The first-order valence-corrected chi connectivity index (χ1v) is 15.0. The van der Waals surface area contributed by atoms with E-state index in [0.29, 0.717) is 46.1 Å². The maximum absolute atomic E-state index is 13.8. The van der Waals surface area contributed by atoms with Gasteiger partial charge in [0.2, 0.25) is 0 Å². The summed E-state index contributed by atoms with van der Waals surface area (Å²) >= 11 is 0. The molecule has 3 heterocycles. The Labute approximate surface area is 252 Å². The van der Waals surface area contributed by atoms with Crippen LogP contribution in [0.5, 0.6) is 0 Å². The minimum Gasteiger partial charge on any atom is -0.394 e. The normalized spacial score (nSPS) is 17.4. The Kier molecular flexibility index (Phi) is 6.35. The number of ether oxygens (including phenoxy) is 1. The number of hydrogen-bond acceptors (Lipinski definition) is 8. The standard InChI is InChI=1S/C34H30N4O6/c39-16-18-44-17-15-38-33(42)25-7-3-21-19-1-5-23-29-24(32(41)37(31(23)40)14-13-36-11-9-35-10-12-36)6-2-20(27(19)29)22-4-8-26(34(38)43)30(25)28(21)22/h1-8,35,39H,9-18H2. The zero-order valence-corrected chi connectivity index (χ0v) is 24.0. The van der Waals surface area contributed by atoms with Crippen molar-refractivity contribution in [3.8, 4) is 0 Å². The summed E-state index contributed by atoms with van der Waals surface area (Å²) < 4.78 is 5.32. The number of carbonyl (C=O) groups excluding carboxylic acids is 4. The van der Waals surface area contributed by atoms with E-state index in [0.717, 1.165) is 58.5 Å². The molecule has 10 nitrogen and oxygen atoms in total. The number of imide groups is 2. The first-order valence-electron chi connectivity index (χ1n) is 15.0. The Morgan fingerprint density at radius 3 is 1.43 bits per heavy atom. The van der Waals surface area contributed by atoms with Crippen molar-refractivity contribution in [2.24, 2.45) is 0 Å². The number of aliphatic hydroxyl groups excluding tert-OH is 1. The van der Waals surface area contributed by atoms with Crippen molar-refractivity contribution in [2.75, 3.05) is 65.6 Å². The monoisotopic (exact) mass is 590 g/mol. The summed E-state index contributed by atoms with van der Waals surface area (Å²) in [6.07, 6.45) is 0. The summed E-state index contributed by atoms with van der Waals surface area (Å²) in [6, 6.07) is 14.8. The van der Waals surface area contributed by atoms with Crippen LogP contribution in [0.4, 0.5) is 0 Å². The van der Waals surface area contributed by atoms with Crippen LogP contribution in [0.25, 0.3) is 43.1 Å². The number of nitrogens with one attached hydrogen (secondary N) is 1. The molecule has 0 saturated carbocycles. The fraction of sp³-hybridized carbons (Fsp3) is 0.294. The van der Waals surface area contributed by atoms with Crippen molar-refractivity contribution in [2.45, 2.75) is 0 Å². The molecule has 1 fully saturated rings. The van der Waals surface area contributed by atoms with Gasteiger partial charge >= 0.3 is 0 Å². The highest BCUT2D eigenvalue weighted by Gasteiger charge is 2.36. The van der Waals surface area contributed by atoms with Crippen LogP contribution in [-0.2, 0) is 4.74 Å². The van der Waals surface area contributed by atoms with Crippen LogP contribution >= 0.6 is 0 Å². The van der Waals surface area contributed by atoms with Crippen molar-refractivity contribution < 1.29 is 29.0 Å². The second-order valence-corrected chi connectivity index (χ2v) is 11.6. The summed E-state index contributed by atoms with van der Waals surface area (Å²) in [6.45, 7) is 4.76. The van der Waals surface area contributed by atoms with E-state index in [1.165, 1.54) is 9.80 Å². The van der Waals surface area contributed by atoms with Gasteiger partial charge in [-0.3, -0.25) is 33.9 Å². The van der Waals surface area contributed by atoms with Crippen molar-refractivity contribution in [1.29, 1.82) is 0 Å². The minimum atomic E-state index is -0.382. The van der Waals surface area contributed by atoms with Gasteiger partial charge in [-0.25, -0.2) is 0 Å². The predicted molar refractivity (Wildman–Crippen MR) is 166 cm³/mol. The Bertz CT molecular complexity index is 1930. The molecule has 0 spiro atoms. The molecule has 2 N–H and O–H groups in total. The number of hydrogen-bond donors (Lipinski definition) is 2. The Morgan fingerprint density at radius 2 is 1.00 bits per heavy atom. The molecule has 0 radical (unpaired) electrons. The molecule has 3 aliphatic heterocycles. The van der Waals surface area contributed by atoms with Gasteiger partial charge in [0, 0.05) is 72.3 Å². The predicted octanol–water partition coefficient (Wildman–Crippen LogP) is 2.84. The summed E-state index contributed by atoms with van der Waals surface area (Å²) in [7, 11) is 0. The lowest BCUT2D eigenvalue weighted by atomic mass is 9.82. The summed E-state index contributed by atoms with van der Waals surface area (Å²) in [5.41, 5.74) is 1.92. The first kappa shape index (κ1) is 27.1. The maximum Gasteiger partial charge on any atom is 0.261 e. The molecule has 8 rings (SSSR count). The molecular weight excluding hydrogens is 560 g/mol. The average Bonchev–Trinajstić information content (AvgIpc) is 3.05. The molecule has 10 heteroatoms. The molecule has 5 aromatic rings. The molecule has 0 unspecified atom stereocenters. The molecule has 0 bridgehead atoms. The van der Waals surface area contributed by atoms with E-state index in [4.69, 9.17) is 9.84 Å². The lowest BCUT2D eigenvalue weighted by Crippen LogP contribution is -2.49. The quantitative estimate of drug-likeness (QED) is 0.123. The van der Waals surface area contributed by atoms with Gasteiger partial charge in [-0.1, -0.05) is 24.3 Å². The number of amides is 4. The first-order chi connectivity index (χ1) is 21.5. The topological polar surface area (TPSA) is 119 Å². The number of rotatable bonds is 8. The van der Waals surface area contributed by atoms with Crippen molar-refractivity contribution in [1.82, 2.24) is 20.0 Å². The number of fused-ring (bicyclic) bond motifs is 2. The van der Waals surface area contributed by atoms with Crippen LogP contribution in [0.1, 0.15) is 41.4 Å². The van der Waals surface area contributed by atoms with Gasteiger partial charge in [0.1, 0.15) is 0 Å². The number of benzene rings is 5. The van der Waals surface area contributed by atoms with E-state index < -0.39 is 0 Å². The maximum atomic E-state index is 13.8. The van der Waals surface area contributed by atoms with Crippen LogP contribution in [0.3, 0.4) is 0 Å². The van der Waals surface area contributed by atoms with Gasteiger partial charge in [0.25, 0.3) is 23.6 Å². The lowest BCUT2D eigenvalue weighted by Gasteiger charge is -2.32. The third kappa shape index (κ3) is 3.82. The van der Waals surface area contributed by atoms with E-state index >= 15 is 0 Å². The van der Waals surface area contributed by atoms with Crippen molar-refractivity contribution in [3.05, 3.63) is 70.8 Å². The van der Waals surface area contributed by atoms with Crippen LogP contribution in [0.15, 0.2) is 48.5 Å². The van der Waals surface area contributed by atoms with E-state index in [-0.39, 0.29) is 50.0 Å². The molecule has 1 saturated heterocycles. The largest absolute Gasteiger partial charge is 0.394 e. The van der Waals surface area contributed by atoms with E-state index in [1.54, 1.807) is 12.1 Å². The van der Waals surface area contributed by atoms with Crippen LogP contribution in [0.2, 0.25) is 0 Å². The number of carbonyl (C=O) groups is 4. The highest BCUT2D eigenvalue weighted by atomic mass is 16.5. The van der Waals surface area contributed by atoms with Gasteiger partial charge in [-0.2, -0.15) is 0 Å². The fourth-order valence-corrected chi connectivity index (χ4v) is 7.27. The van der Waals surface area contributed by atoms with Gasteiger partial charge in [0.05, 0.1) is 26.4 Å². The number of piperazine rings is 1. The molecule has 4 amide bonds. The van der Waals surface area contributed by atoms with Crippen LogP contribution in [0, 0.1) is 0 Å². The van der Waals surface area contributed by atoms with Crippen molar-refractivity contribution >= 4 is 66.7 Å². The Morgan fingerprint density at radius 1 is 0.568 bits per heavy atom. The summed E-state index contributed by atoms with van der Waals surface area (Å²) in [4.78, 5) is 59.5. The zero-order chi connectivity index (χ0) is 30.1. The van der Waals surface area contributed by atoms with E-state index in [2.05, 4.69) is 10.2 Å². The molecule has 44 heavy (non-hydrogen) atoms. The van der Waals surface area contributed by atoms with Gasteiger partial charge < -0.3 is 15.2 Å². The fourth-order valence-electron chi connectivity index (χ4n) is 7.27. The summed E-state index contributed by atoms with van der Waals surface area (Å²) in [5.74, 6) is -1.33.